The van der Waals surface area contributed by atoms with Crippen LogP contribution in [0.5, 0.6) is 0 Å². The van der Waals surface area contributed by atoms with E-state index in [0.29, 0.717) is 5.95 Å². The zero-order valence-electron chi connectivity index (χ0n) is 68.4. The van der Waals surface area contributed by atoms with E-state index in [1.165, 1.54) is 76.4 Å². The van der Waals surface area contributed by atoms with Gasteiger partial charge in [-0.1, -0.05) is 255 Å². The molecular formula is C114H73ClN12. The number of hydrogen-bond acceptors (Lipinski definition) is 6. The predicted octanol–water partition coefficient (Wildman–Crippen LogP) is 29.2. The van der Waals surface area contributed by atoms with Crippen LogP contribution in [-0.2, 0) is 0 Å². The number of benzene rings is 16. The van der Waals surface area contributed by atoms with E-state index in [9.17, 15) is 0 Å². The van der Waals surface area contributed by atoms with Gasteiger partial charge in [0.15, 0.2) is 0 Å². The number of hydrogen-bond donors (Lipinski definition) is 1. The number of aromatic nitrogens is 12. The lowest BCUT2D eigenvalue weighted by molar-refractivity contribution is 0.995. The highest BCUT2D eigenvalue weighted by Crippen LogP contribution is 2.43. The fraction of sp³-hybridized carbons (Fsp3) is 0. The van der Waals surface area contributed by atoms with Crippen LogP contribution >= 0.6 is 11.6 Å². The molecule has 10 heterocycles. The lowest BCUT2D eigenvalue weighted by Crippen LogP contribution is -2.03. The maximum absolute atomic E-state index is 6.03. The number of fused-ring (bicyclic) bond motifs is 18. The molecule has 127 heavy (non-hydrogen) atoms. The topological polar surface area (TPSA) is 118 Å². The van der Waals surface area contributed by atoms with Crippen molar-refractivity contribution >= 4 is 143 Å². The first-order valence-corrected chi connectivity index (χ1v) is 42.9. The average Bonchev–Trinajstić information content (AvgIpc) is 1.58. The Balaban J connectivity index is 0.000000121. The van der Waals surface area contributed by atoms with Gasteiger partial charge in [-0.05, 0) is 204 Å². The average molecular weight is 1650 g/mol. The molecule has 596 valence electrons. The Morgan fingerprint density at radius 3 is 0.858 bits per heavy atom. The lowest BCUT2D eigenvalue weighted by atomic mass is 10.0. The number of H-pyrrole nitrogens is 1. The van der Waals surface area contributed by atoms with Crippen LogP contribution in [0.25, 0.3) is 227 Å². The highest BCUT2D eigenvalue weighted by Gasteiger charge is 2.23. The first-order chi connectivity index (χ1) is 62.9. The monoisotopic (exact) mass is 1640 g/mol. The van der Waals surface area contributed by atoms with E-state index in [1.54, 1.807) is 0 Å². The summed E-state index contributed by atoms with van der Waals surface area (Å²) < 4.78 is 11.6. The van der Waals surface area contributed by atoms with Gasteiger partial charge < -0.3 is 23.3 Å². The Morgan fingerprint density at radius 1 is 0.189 bits per heavy atom. The maximum atomic E-state index is 6.03. The summed E-state index contributed by atoms with van der Waals surface area (Å²) in [6, 6.07) is 150. The van der Waals surface area contributed by atoms with E-state index in [0.717, 1.165) is 145 Å². The molecule has 0 atom stereocenters. The van der Waals surface area contributed by atoms with E-state index < -0.39 is 0 Å². The van der Waals surface area contributed by atoms with Crippen LogP contribution in [0.1, 0.15) is 0 Å². The molecule has 13 heteroatoms. The summed E-state index contributed by atoms with van der Waals surface area (Å²) in [4.78, 5) is 32.0. The number of nitrogens with one attached hydrogen (secondary N) is 1. The van der Waals surface area contributed by atoms with Crippen LogP contribution in [0, 0.1) is 0 Å². The highest BCUT2D eigenvalue weighted by atomic mass is 35.5. The summed E-state index contributed by atoms with van der Waals surface area (Å²) in [6.45, 7) is 0. The van der Waals surface area contributed by atoms with Crippen molar-refractivity contribution in [3.05, 3.63) is 442 Å². The molecule has 0 amide bonds. The summed E-state index contributed by atoms with van der Waals surface area (Å²) in [5.74, 6) is 0.642. The summed E-state index contributed by atoms with van der Waals surface area (Å²) in [7, 11) is 0. The molecule has 0 saturated heterocycles. The minimum absolute atomic E-state index is 0.264. The minimum atomic E-state index is 0.264. The van der Waals surface area contributed by atoms with Crippen LogP contribution in [0.3, 0.4) is 0 Å². The summed E-state index contributed by atoms with van der Waals surface area (Å²) in [6.07, 6.45) is 3.74. The Kier molecular flexibility index (Phi) is 18.0. The van der Waals surface area contributed by atoms with Crippen molar-refractivity contribution in [1.29, 1.82) is 0 Å². The molecule has 0 aliphatic carbocycles. The van der Waals surface area contributed by atoms with Gasteiger partial charge in [-0.15, -0.1) is 0 Å². The molecule has 10 aromatic heterocycles. The van der Waals surface area contributed by atoms with E-state index in [-0.39, 0.29) is 5.28 Å². The van der Waals surface area contributed by atoms with Crippen molar-refractivity contribution in [2.45, 2.75) is 0 Å². The second-order valence-electron chi connectivity index (χ2n) is 32.0. The Morgan fingerprint density at radius 2 is 0.465 bits per heavy atom. The Bertz CT molecular complexity index is 8550. The third-order valence-electron chi connectivity index (χ3n) is 24.7. The van der Waals surface area contributed by atoms with E-state index in [1.807, 2.05) is 103 Å². The number of para-hydroxylation sites is 6. The van der Waals surface area contributed by atoms with E-state index >= 15 is 0 Å². The van der Waals surface area contributed by atoms with Crippen molar-refractivity contribution in [2.24, 2.45) is 0 Å². The van der Waals surface area contributed by atoms with E-state index in [4.69, 9.17) is 31.5 Å². The van der Waals surface area contributed by atoms with Gasteiger partial charge >= 0.3 is 0 Å². The quantitative estimate of drug-likeness (QED) is 0.129. The second kappa shape index (κ2) is 30.9. The fourth-order valence-corrected chi connectivity index (χ4v) is 19.0. The number of halogens is 1. The standard InChI is InChI=1S/C57H36N6.C41H26N4.C16H11ClN2/c1-3-14-37(15-4-1)48-36-49(38-16-5-2-6-17-38)60-57(59-48)63-51-22-11-8-19-44(51)47-35-40(26-32-54(47)63)39-25-31-53-46(34-39)43-18-7-10-21-50(43)61(53)41-27-29-42(30-28-41)62-52-23-12-9-20-45(52)56-55(62)24-13-33-58-56;1-4-11-35-30(8-1)33-24-26(15-21-36(33)43-35)27-16-22-39-34(25-27)31-9-2-5-12-37(31)44(39)28-17-19-29(20-18-28)45-38-13-6-3-10-32(38)41-40(45)14-7-23-42-41;17-16-18-14(12-7-3-1-4-8-12)11-15(19-16)13-9-5-2-6-10-13/h1-36H;1-25,43H;1-11H. The molecule has 1 N–H and O–H groups in total. The predicted molar refractivity (Wildman–Crippen MR) is 525 cm³/mol. The number of aromatic amines is 1. The third-order valence-corrected chi connectivity index (χ3v) is 24.8. The van der Waals surface area contributed by atoms with Crippen molar-refractivity contribution in [3.63, 3.8) is 0 Å². The second-order valence-corrected chi connectivity index (χ2v) is 32.3. The normalized spacial score (nSPS) is 11.7. The molecule has 12 nitrogen and oxygen atoms in total. The third kappa shape index (κ3) is 12.9. The molecule has 0 radical (unpaired) electrons. The van der Waals surface area contributed by atoms with Gasteiger partial charge in [0.1, 0.15) is 0 Å². The molecule has 16 aromatic carbocycles. The largest absolute Gasteiger partial charge is 0.355 e. The molecule has 0 spiro atoms. The first kappa shape index (κ1) is 73.9. The van der Waals surface area contributed by atoms with E-state index in [2.05, 4.69) is 371 Å². The van der Waals surface area contributed by atoms with Gasteiger partial charge in [-0.3, -0.25) is 14.5 Å². The van der Waals surface area contributed by atoms with Crippen LogP contribution in [0.2, 0.25) is 5.28 Å². The van der Waals surface area contributed by atoms with Gasteiger partial charge in [0.2, 0.25) is 11.2 Å². The highest BCUT2D eigenvalue weighted by molar-refractivity contribution is 6.28. The molecule has 0 saturated carbocycles. The summed E-state index contributed by atoms with van der Waals surface area (Å²) in [5.41, 5.74) is 32.5. The number of rotatable bonds is 11. The Hall–Kier alpha value is -16.9. The first-order valence-electron chi connectivity index (χ1n) is 42.6. The molecule has 0 fully saturated rings. The molecule has 26 aromatic rings. The minimum Gasteiger partial charge on any atom is -0.355 e. The molecular weight excluding hydrogens is 1570 g/mol. The molecule has 0 unspecified atom stereocenters. The van der Waals surface area contributed by atoms with Gasteiger partial charge in [0.05, 0.1) is 89.0 Å². The number of nitrogens with zero attached hydrogens (tertiary/aromatic N) is 11. The summed E-state index contributed by atoms with van der Waals surface area (Å²) in [5, 5.41) is 12.3. The maximum Gasteiger partial charge on any atom is 0.235 e. The zero-order chi connectivity index (χ0) is 84.0. The SMILES string of the molecule is Clc1nc(-c2ccccc2)cc(-c2ccccc2)n1.c1ccc(-c2cc(-c3ccccc3)nc(-n3c4ccccc4c4cc(-c5ccc6c(c5)c5ccccc5n6-c5ccc(-n6c7ccccc7c7ncccc76)cc5)ccc43)n2)cc1.c1ccc2c(c1)[nH]c1ccc(-c3ccc4c(c3)c3ccccc3n4-c3ccc(-n4c5ccccc5c5ncccc54)cc3)cc12. The van der Waals surface area contributed by atoms with Crippen LogP contribution in [0.15, 0.2) is 437 Å². The van der Waals surface area contributed by atoms with Gasteiger partial charge in [0.25, 0.3) is 0 Å². The molecule has 0 bridgehead atoms. The van der Waals surface area contributed by atoms with Crippen molar-refractivity contribution in [2.75, 3.05) is 0 Å². The van der Waals surface area contributed by atoms with Crippen LogP contribution in [0.4, 0.5) is 0 Å². The van der Waals surface area contributed by atoms with Crippen molar-refractivity contribution < 1.29 is 0 Å². The van der Waals surface area contributed by atoms with Crippen LogP contribution < -0.4 is 0 Å². The molecule has 0 aliphatic rings. The summed E-state index contributed by atoms with van der Waals surface area (Å²) >= 11 is 6.03. The van der Waals surface area contributed by atoms with Gasteiger partial charge in [0, 0.05) is 122 Å². The van der Waals surface area contributed by atoms with Crippen molar-refractivity contribution in [1.82, 2.24) is 57.7 Å². The number of pyridine rings is 2. The van der Waals surface area contributed by atoms with Crippen LogP contribution in [-0.4, -0.2) is 57.7 Å². The van der Waals surface area contributed by atoms with Crippen molar-refractivity contribution in [3.8, 4) is 96.0 Å². The smallest absolute Gasteiger partial charge is 0.235 e. The zero-order valence-corrected chi connectivity index (χ0v) is 69.1. The molecule has 0 aliphatic heterocycles. The molecule has 26 rings (SSSR count). The Labute approximate surface area is 733 Å². The van der Waals surface area contributed by atoms with Gasteiger partial charge in [-0.2, -0.15) is 0 Å². The lowest BCUT2D eigenvalue weighted by Gasteiger charge is -2.12. The fourth-order valence-electron chi connectivity index (χ4n) is 18.9. The van der Waals surface area contributed by atoms with Gasteiger partial charge in [-0.25, -0.2) is 19.9 Å².